The summed E-state index contributed by atoms with van der Waals surface area (Å²) in [6.45, 7) is 2.07. The number of thioether (sulfide) groups is 1. The van der Waals surface area contributed by atoms with Crippen LogP contribution in [0.3, 0.4) is 0 Å². The summed E-state index contributed by atoms with van der Waals surface area (Å²) in [4.78, 5) is 11.2. The molecule has 0 aromatic carbocycles. The molecular weight excluding hydrogens is 326 g/mol. The van der Waals surface area contributed by atoms with Crippen molar-refractivity contribution >= 4 is 41.0 Å². The lowest BCUT2D eigenvalue weighted by molar-refractivity contribution is 0.0308. The summed E-state index contributed by atoms with van der Waals surface area (Å²) in [5.41, 5.74) is 7.94. The molecule has 1 fully saturated rings. The van der Waals surface area contributed by atoms with E-state index in [2.05, 4.69) is 27.2 Å². The number of nitrogens with one attached hydrogen (secondary N) is 2. The molecule has 1 saturated heterocycles. The van der Waals surface area contributed by atoms with Crippen LogP contribution in [0.25, 0.3) is 11.0 Å². The van der Waals surface area contributed by atoms with Crippen molar-refractivity contribution in [2.24, 2.45) is 0 Å². The van der Waals surface area contributed by atoms with E-state index in [9.17, 15) is 10.2 Å². The predicted molar refractivity (Wildman–Crippen MR) is 90.2 cm³/mol. The molecular formula is C13H20ClN5O2S. The SMILES string of the molecule is CCSCC1NC(c2c[nH]c3c(N)ncnc23)C(O)C1O.Cl. The molecule has 0 bridgehead atoms. The fourth-order valence-electron chi connectivity index (χ4n) is 2.74. The number of rotatable bonds is 4. The normalized spacial score (nSPS) is 28.0. The molecule has 2 aromatic rings. The van der Waals surface area contributed by atoms with Gasteiger partial charge >= 0.3 is 0 Å². The molecule has 7 nitrogen and oxygen atoms in total. The van der Waals surface area contributed by atoms with Crippen molar-refractivity contribution in [3.05, 3.63) is 18.1 Å². The summed E-state index contributed by atoms with van der Waals surface area (Å²) in [5.74, 6) is 2.10. The Kier molecular flexibility index (Phi) is 5.51. The van der Waals surface area contributed by atoms with Gasteiger partial charge in [0.05, 0.1) is 17.7 Å². The average molecular weight is 346 g/mol. The fraction of sp³-hybridized carbons (Fsp3) is 0.538. The highest BCUT2D eigenvalue weighted by atomic mass is 35.5. The summed E-state index contributed by atoms with van der Waals surface area (Å²) in [7, 11) is 0. The van der Waals surface area contributed by atoms with Gasteiger partial charge in [-0.25, -0.2) is 9.97 Å². The van der Waals surface area contributed by atoms with E-state index in [4.69, 9.17) is 5.73 Å². The zero-order valence-corrected chi connectivity index (χ0v) is 13.7. The zero-order chi connectivity index (χ0) is 15.0. The summed E-state index contributed by atoms with van der Waals surface area (Å²) in [6.07, 6.45) is 1.50. The van der Waals surface area contributed by atoms with Gasteiger partial charge in [-0.05, 0) is 5.75 Å². The number of aliphatic hydroxyl groups excluding tert-OH is 2. The second-order valence-electron chi connectivity index (χ2n) is 5.12. The van der Waals surface area contributed by atoms with Gasteiger partial charge in [0, 0.05) is 23.6 Å². The molecule has 0 saturated carbocycles. The van der Waals surface area contributed by atoms with E-state index in [1.807, 2.05) is 0 Å². The summed E-state index contributed by atoms with van der Waals surface area (Å²) in [6, 6.07) is -0.510. The molecule has 0 amide bonds. The van der Waals surface area contributed by atoms with Crippen molar-refractivity contribution in [3.8, 4) is 0 Å². The number of H-pyrrole nitrogens is 1. The van der Waals surface area contributed by atoms with Gasteiger partial charge < -0.3 is 26.2 Å². The largest absolute Gasteiger partial charge is 0.389 e. The molecule has 4 atom stereocenters. The number of aromatic amines is 1. The first-order valence-electron chi connectivity index (χ1n) is 6.90. The van der Waals surface area contributed by atoms with Gasteiger partial charge in [-0.3, -0.25) is 0 Å². The molecule has 0 spiro atoms. The van der Waals surface area contributed by atoms with Crippen LogP contribution in [0.4, 0.5) is 5.82 Å². The summed E-state index contributed by atoms with van der Waals surface area (Å²) >= 11 is 1.73. The van der Waals surface area contributed by atoms with Crippen molar-refractivity contribution in [1.29, 1.82) is 0 Å². The van der Waals surface area contributed by atoms with Crippen LogP contribution < -0.4 is 11.1 Å². The number of nitrogens with zero attached hydrogens (tertiary/aromatic N) is 2. The number of nitrogen functional groups attached to an aromatic ring is 1. The van der Waals surface area contributed by atoms with E-state index in [0.717, 1.165) is 17.1 Å². The molecule has 9 heteroatoms. The van der Waals surface area contributed by atoms with Crippen molar-refractivity contribution in [1.82, 2.24) is 20.3 Å². The monoisotopic (exact) mass is 345 g/mol. The third-order valence-electron chi connectivity index (χ3n) is 3.86. The number of hydrogen-bond acceptors (Lipinski definition) is 7. The first kappa shape index (κ1) is 17.3. The van der Waals surface area contributed by atoms with Crippen LogP contribution in [0.1, 0.15) is 18.5 Å². The van der Waals surface area contributed by atoms with Crippen LogP contribution in [0.15, 0.2) is 12.5 Å². The maximum Gasteiger partial charge on any atom is 0.151 e. The number of hydrogen-bond donors (Lipinski definition) is 5. The number of nitrogens with two attached hydrogens (primary N) is 1. The maximum absolute atomic E-state index is 10.3. The third kappa shape index (κ3) is 2.89. The van der Waals surface area contributed by atoms with Crippen LogP contribution in [0.2, 0.25) is 0 Å². The summed E-state index contributed by atoms with van der Waals surface area (Å²) < 4.78 is 0. The summed E-state index contributed by atoms with van der Waals surface area (Å²) in [5, 5.41) is 23.8. The Balaban J connectivity index is 0.00000176. The van der Waals surface area contributed by atoms with Crippen LogP contribution in [-0.4, -0.2) is 54.9 Å². The smallest absolute Gasteiger partial charge is 0.151 e. The zero-order valence-electron chi connectivity index (χ0n) is 12.1. The standard InChI is InChI=1S/C13H19N5O2S.ClH/c1-2-21-4-7-11(19)12(20)9(18-7)6-3-15-10-8(6)16-5-17-13(10)14;/h3,5,7,9,11-12,15,18-20H,2,4H2,1H3,(H2,14,16,17);1H. The molecule has 22 heavy (non-hydrogen) atoms. The lowest BCUT2D eigenvalue weighted by Crippen LogP contribution is -2.35. The van der Waals surface area contributed by atoms with Crippen molar-refractivity contribution in [2.75, 3.05) is 17.2 Å². The molecule has 1 aliphatic rings. The Labute approximate surface area is 138 Å². The minimum absolute atomic E-state index is 0. The average Bonchev–Trinajstić information content (AvgIpc) is 3.02. The molecule has 2 aromatic heterocycles. The first-order chi connectivity index (χ1) is 10.1. The number of fused-ring (bicyclic) bond motifs is 1. The Hall–Kier alpha value is -1.06. The Bertz CT molecular complexity index is 640. The third-order valence-corrected chi connectivity index (χ3v) is 4.86. The minimum atomic E-state index is -0.873. The van der Waals surface area contributed by atoms with Gasteiger partial charge in [-0.2, -0.15) is 11.8 Å². The molecule has 0 aliphatic carbocycles. The fourth-order valence-corrected chi connectivity index (χ4v) is 3.53. The van der Waals surface area contributed by atoms with Crippen molar-refractivity contribution in [3.63, 3.8) is 0 Å². The second kappa shape index (κ2) is 7.01. The molecule has 6 N–H and O–H groups in total. The quantitative estimate of drug-likeness (QED) is 0.545. The lowest BCUT2D eigenvalue weighted by atomic mass is 10.0. The van der Waals surface area contributed by atoms with E-state index in [1.165, 1.54) is 6.33 Å². The van der Waals surface area contributed by atoms with E-state index in [1.54, 1.807) is 18.0 Å². The van der Waals surface area contributed by atoms with Crippen LogP contribution in [0, 0.1) is 0 Å². The minimum Gasteiger partial charge on any atom is -0.389 e. The van der Waals surface area contributed by atoms with Crippen molar-refractivity contribution in [2.45, 2.75) is 31.2 Å². The van der Waals surface area contributed by atoms with E-state index >= 15 is 0 Å². The highest BCUT2D eigenvalue weighted by Gasteiger charge is 2.42. The molecule has 0 radical (unpaired) electrons. The Morgan fingerprint density at radius 2 is 2.09 bits per heavy atom. The maximum atomic E-state index is 10.3. The topological polar surface area (TPSA) is 120 Å². The van der Waals surface area contributed by atoms with Crippen LogP contribution in [-0.2, 0) is 0 Å². The molecule has 4 unspecified atom stereocenters. The second-order valence-corrected chi connectivity index (χ2v) is 6.44. The Morgan fingerprint density at radius 3 is 2.82 bits per heavy atom. The molecule has 3 heterocycles. The van der Waals surface area contributed by atoms with E-state index in [-0.39, 0.29) is 24.5 Å². The number of aliphatic hydroxyl groups is 2. The van der Waals surface area contributed by atoms with Crippen LogP contribution >= 0.6 is 24.2 Å². The van der Waals surface area contributed by atoms with Gasteiger partial charge in [-0.15, -0.1) is 12.4 Å². The van der Waals surface area contributed by atoms with Gasteiger partial charge in [-0.1, -0.05) is 6.92 Å². The lowest BCUT2D eigenvalue weighted by Gasteiger charge is -2.14. The number of halogens is 1. The highest BCUT2D eigenvalue weighted by molar-refractivity contribution is 7.99. The molecule has 3 rings (SSSR count). The highest BCUT2D eigenvalue weighted by Crippen LogP contribution is 2.33. The first-order valence-corrected chi connectivity index (χ1v) is 8.06. The van der Waals surface area contributed by atoms with Gasteiger partial charge in [0.25, 0.3) is 0 Å². The van der Waals surface area contributed by atoms with Gasteiger partial charge in [0.15, 0.2) is 5.82 Å². The Morgan fingerprint density at radius 1 is 1.32 bits per heavy atom. The molecule has 1 aliphatic heterocycles. The van der Waals surface area contributed by atoms with Crippen molar-refractivity contribution < 1.29 is 10.2 Å². The van der Waals surface area contributed by atoms with E-state index in [0.29, 0.717) is 16.9 Å². The van der Waals surface area contributed by atoms with Gasteiger partial charge in [0.2, 0.25) is 0 Å². The number of anilines is 1. The molecule has 122 valence electrons. The predicted octanol–water partition coefficient (Wildman–Crippen LogP) is 0.450. The van der Waals surface area contributed by atoms with E-state index < -0.39 is 12.2 Å². The van der Waals surface area contributed by atoms with Gasteiger partial charge in [0.1, 0.15) is 17.9 Å². The number of aromatic nitrogens is 3. The van der Waals surface area contributed by atoms with Crippen LogP contribution in [0.5, 0.6) is 0 Å².